The lowest BCUT2D eigenvalue weighted by Gasteiger charge is -2.34. The standard InChI is InChI=1S/C14H22N2O3S/c1-18-8-9-19-12-14(17)16-6-4-15(5-7-16)11-13-3-2-10-20-13/h2-3,10H,4-9,11-12H2,1H3. The molecule has 0 saturated carbocycles. The number of rotatable bonds is 7. The summed E-state index contributed by atoms with van der Waals surface area (Å²) in [5, 5.41) is 2.10. The van der Waals surface area contributed by atoms with Gasteiger partial charge in [0.2, 0.25) is 5.91 Å². The van der Waals surface area contributed by atoms with Crippen molar-refractivity contribution in [3.05, 3.63) is 22.4 Å². The van der Waals surface area contributed by atoms with E-state index in [0.29, 0.717) is 13.2 Å². The van der Waals surface area contributed by atoms with Crippen LogP contribution in [0.2, 0.25) is 0 Å². The number of amides is 1. The summed E-state index contributed by atoms with van der Waals surface area (Å²) in [5.74, 6) is 0.0804. The van der Waals surface area contributed by atoms with Crippen molar-refractivity contribution in [3.63, 3.8) is 0 Å². The van der Waals surface area contributed by atoms with Crippen LogP contribution in [-0.2, 0) is 20.8 Å². The van der Waals surface area contributed by atoms with Crippen molar-refractivity contribution in [2.24, 2.45) is 0 Å². The lowest BCUT2D eigenvalue weighted by molar-refractivity contribution is -0.138. The zero-order valence-electron chi connectivity index (χ0n) is 11.9. The second kappa shape index (κ2) is 8.36. The summed E-state index contributed by atoms with van der Waals surface area (Å²) in [7, 11) is 1.62. The molecule has 0 aromatic carbocycles. The quantitative estimate of drug-likeness (QED) is 0.706. The minimum absolute atomic E-state index is 0.0804. The summed E-state index contributed by atoms with van der Waals surface area (Å²) >= 11 is 1.79. The monoisotopic (exact) mass is 298 g/mol. The lowest BCUT2D eigenvalue weighted by Crippen LogP contribution is -2.49. The van der Waals surface area contributed by atoms with Crippen LogP contribution >= 0.6 is 11.3 Å². The largest absolute Gasteiger partial charge is 0.382 e. The molecule has 5 nitrogen and oxygen atoms in total. The predicted octanol–water partition coefficient (Wildman–Crippen LogP) is 1.06. The van der Waals surface area contributed by atoms with Gasteiger partial charge in [-0.25, -0.2) is 0 Å². The Labute approximate surface area is 124 Å². The van der Waals surface area contributed by atoms with Gasteiger partial charge < -0.3 is 14.4 Å². The highest BCUT2D eigenvalue weighted by Crippen LogP contribution is 2.13. The molecule has 1 fully saturated rings. The number of thiophene rings is 1. The van der Waals surface area contributed by atoms with Gasteiger partial charge in [0.05, 0.1) is 13.2 Å². The fourth-order valence-electron chi connectivity index (χ4n) is 2.17. The first-order valence-electron chi connectivity index (χ1n) is 6.89. The molecule has 0 spiro atoms. The van der Waals surface area contributed by atoms with Crippen LogP contribution in [0, 0.1) is 0 Å². The van der Waals surface area contributed by atoms with Gasteiger partial charge in [0.15, 0.2) is 0 Å². The molecular formula is C14H22N2O3S. The second-order valence-electron chi connectivity index (χ2n) is 4.78. The number of hydrogen-bond acceptors (Lipinski definition) is 5. The van der Waals surface area contributed by atoms with Crippen LogP contribution in [0.3, 0.4) is 0 Å². The number of nitrogens with zero attached hydrogens (tertiary/aromatic N) is 2. The third kappa shape index (κ3) is 4.86. The van der Waals surface area contributed by atoms with Gasteiger partial charge in [-0.05, 0) is 11.4 Å². The number of carbonyl (C=O) groups is 1. The van der Waals surface area contributed by atoms with Crippen molar-refractivity contribution in [1.29, 1.82) is 0 Å². The van der Waals surface area contributed by atoms with Crippen molar-refractivity contribution >= 4 is 17.2 Å². The molecule has 1 aromatic rings. The number of ether oxygens (including phenoxy) is 2. The molecule has 0 bridgehead atoms. The molecule has 1 aliphatic heterocycles. The van der Waals surface area contributed by atoms with Crippen molar-refractivity contribution in [2.45, 2.75) is 6.54 Å². The lowest BCUT2D eigenvalue weighted by atomic mass is 10.3. The molecule has 2 heterocycles. The Kier molecular flexibility index (Phi) is 6.46. The number of methoxy groups -OCH3 is 1. The first kappa shape index (κ1) is 15.4. The number of hydrogen-bond donors (Lipinski definition) is 0. The maximum atomic E-state index is 11.9. The van der Waals surface area contributed by atoms with Crippen LogP contribution in [0.5, 0.6) is 0 Å². The Morgan fingerprint density at radius 2 is 2.10 bits per heavy atom. The van der Waals surface area contributed by atoms with E-state index in [1.165, 1.54) is 4.88 Å². The molecule has 0 unspecified atom stereocenters. The highest BCUT2D eigenvalue weighted by Gasteiger charge is 2.21. The minimum atomic E-state index is 0.0804. The molecule has 0 N–H and O–H groups in total. The van der Waals surface area contributed by atoms with Crippen molar-refractivity contribution < 1.29 is 14.3 Å². The van der Waals surface area contributed by atoms with Gasteiger partial charge in [-0.15, -0.1) is 11.3 Å². The number of carbonyl (C=O) groups excluding carboxylic acids is 1. The molecule has 0 radical (unpaired) electrons. The average Bonchev–Trinajstić information content (AvgIpc) is 2.97. The summed E-state index contributed by atoms with van der Waals surface area (Å²) in [6.45, 7) is 5.60. The minimum Gasteiger partial charge on any atom is -0.382 e. The van der Waals surface area contributed by atoms with Crippen LogP contribution in [0.25, 0.3) is 0 Å². The fraction of sp³-hybridized carbons (Fsp3) is 0.643. The van der Waals surface area contributed by atoms with E-state index < -0.39 is 0 Å². The highest BCUT2D eigenvalue weighted by molar-refractivity contribution is 7.09. The Morgan fingerprint density at radius 3 is 2.75 bits per heavy atom. The zero-order valence-corrected chi connectivity index (χ0v) is 12.7. The van der Waals surface area contributed by atoms with Crippen LogP contribution in [0.1, 0.15) is 4.88 Å². The molecule has 20 heavy (non-hydrogen) atoms. The van der Waals surface area contributed by atoms with E-state index in [0.717, 1.165) is 32.7 Å². The Hall–Kier alpha value is -0.950. The summed E-state index contributed by atoms with van der Waals surface area (Å²) in [4.78, 5) is 17.6. The van der Waals surface area contributed by atoms with E-state index in [1.54, 1.807) is 18.4 Å². The first-order valence-corrected chi connectivity index (χ1v) is 7.77. The van der Waals surface area contributed by atoms with Gasteiger partial charge in [-0.2, -0.15) is 0 Å². The van der Waals surface area contributed by atoms with Gasteiger partial charge in [-0.3, -0.25) is 9.69 Å². The SMILES string of the molecule is COCCOCC(=O)N1CCN(Cc2cccs2)CC1. The molecule has 6 heteroatoms. The normalized spacial score (nSPS) is 16.6. The van der Waals surface area contributed by atoms with Crippen molar-refractivity contribution in [3.8, 4) is 0 Å². The zero-order chi connectivity index (χ0) is 14.2. The van der Waals surface area contributed by atoms with E-state index in [2.05, 4.69) is 22.4 Å². The van der Waals surface area contributed by atoms with Gasteiger partial charge in [0, 0.05) is 44.7 Å². The van der Waals surface area contributed by atoms with Crippen LogP contribution < -0.4 is 0 Å². The average molecular weight is 298 g/mol. The molecule has 112 valence electrons. The van der Waals surface area contributed by atoms with Crippen LogP contribution in [0.15, 0.2) is 17.5 Å². The smallest absolute Gasteiger partial charge is 0.248 e. The maximum absolute atomic E-state index is 11.9. The second-order valence-corrected chi connectivity index (χ2v) is 5.81. The molecule has 1 aromatic heterocycles. The van der Waals surface area contributed by atoms with Gasteiger partial charge >= 0.3 is 0 Å². The number of piperazine rings is 1. The maximum Gasteiger partial charge on any atom is 0.248 e. The Bertz CT molecular complexity index is 389. The van der Waals surface area contributed by atoms with Gasteiger partial charge in [-0.1, -0.05) is 6.07 Å². The predicted molar refractivity (Wildman–Crippen MR) is 78.9 cm³/mol. The summed E-state index contributed by atoms with van der Waals surface area (Å²) in [5.41, 5.74) is 0. The summed E-state index contributed by atoms with van der Waals surface area (Å²) in [6.07, 6.45) is 0. The van der Waals surface area contributed by atoms with E-state index in [-0.39, 0.29) is 12.5 Å². The molecule has 1 aliphatic rings. The topological polar surface area (TPSA) is 42.0 Å². The fourth-order valence-corrected chi connectivity index (χ4v) is 2.92. The molecular weight excluding hydrogens is 276 g/mol. The third-order valence-electron chi connectivity index (χ3n) is 3.34. The van der Waals surface area contributed by atoms with E-state index >= 15 is 0 Å². The molecule has 0 aliphatic carbocycles. The van der Waals surface area contributed by atoms with Gasteiger partial charge in [0.25, 0.3) is 0 Å². The van der Waals surface area contributed by atoms with E-state index in [1.807, 2.05) is 4.90 Å². The van der Waals surface area contributed by atoms with Crippen molar-refractivity contribution in [2.75, 3.05) is 53.1 Å². The highest BCUT2D eigenvalue weighted by atomic mass is 32.1. The molecule has 1 saturated heterocycles. The van der Waals surface area contributed by atoms with Crippen molar-refractivity contribution in [1.82, 2.24) is 9.80 Å². The first-order chi connectivity index (χ1) is 9.79. The molecule has 1 amide bonds. The Morgan fingerprint density at radius 1 is 1.30 bits per heavy atom. The van der Waals surface area contributed by atoms with Crippen LogP contribution in [0.4, 0.5) is 0 Å². The van der Waals surface area contributed by atoms with E-state index in [9.17, 15) is 4.79 Å². The Balaban J connectivity index is 1.64. The summed E-state index contributed by atoms with van der Waals surface area (Å²) in [6, 6.07) is 4.24. The van der Waals surface area contributed by atoms with E-state index in [4.69, 9.17) is 9.47 Å². The van der Waals surface area contributed by atoms with Crippen LogP contribution in [-0.4, -0.2) is 68.8 Å². The third-order valence-corrected chi connectivity index (χ3v) is 4.20. The molecule has 2 rings (SSSR count). The molecule has 0 atom stereocenters. The van der Waals surface area contributed by atoms with Gasteiger partial charge in [0.1, 0.15) is 6.61 Å². The summed E-state index contributed by atoms with van der Waals surface area (Å²) < 4.78 is 10.2.